The summed E-state index contributed by atoms with van der Waals surface area (Å²) in [5, 5.41) is 22.5. The molecule has 226 valence electrons. The molecular weight excluding hydrogens is 536 g/mol. The van der Waals surface area contributed by atoms with E-state index >= 15 is 0 Å². The zero-order valence-electron chi connectivity index (χ0n) is 27.7. The van der Waals surface area contributed by atoms with Crippen molar-refractivity contribution in [3.63, 3.8) is 0 Å². The van der Waals surface area contributed by atoms with Crippen LogP contribution in [0.15, 0.2) is 48.5 Å². The molecule has 42 heavy (non-hydrogen) atoms. The number of hydrogen-bond donors (Lipinski definition) is 2. The highest BCUT2D eigenvalue weighted by molar-refractivity contribution is 7.71. The van der Waals surface area contributed by atoms with Crippen molar-refractivity contribution in [2.75, 3.05) is 0 Å². The van der Waals surface area contributed by atoms with Gasteiger partial charge in [0.15, 0.2) is 4.77 Å². The summed E-state index contributed by atoms with van der Waals surface area (Å²) in [6, 6.07) is 17.0. The van der Waals surface area contributed by atoms with Gasteiger partial charge in [-0.15, -0.1) is 0 Å². The molecule has 0 radical (unpaired) electrons. The van der Waals surface area contributed by atoms with Crippen LogP contribution >= 0.6 is 12.2 Å². The van der Waals surface area contributed by atoms with Crippen LogP contribution in [0.4, 0.5) is 0 Å². The monoisotopic (exact) mass is 586 g/mol. The number of phenols is 2. The Balaban J connectivity index is 1.90. The zero-order chi connectivity index (χ0) is 31.6. The maximum Gasteiger partial charge on any atom is 0.181 e. The van der Waals surface area contributed by atoms with E-state index in [1.54, 1.807) is 0 Å². The number of benzene rings is 3. The van der Waals surface area contributed by atoms with Crippen LogP contribution in [0, 0.1) is 4.77 Å². The van der Waals surface area contributed by atoms with E-state index < -0.39 is 0 Å². The average Bonchev–Trinajstić information content (AvgIpc) is 3.09. The van der Waals surface area contributed by atoms with Crippen LogP contribution in [0.2, 0.25) is 0 Å². The van der Waals surface area contributed by atoms with E-state index in [2.05, 4.69) is 141 Å². The van der Waals surface area contributed by atoms with E-state index in [9.17, 15) is 10.2 Å². The summed E-state index contributed by atoms with van der Waals surface area (Å²) in [6.45, 7) is 26.9. The molecule has 0 spiro atoms. The average molecular weight is 587 g/mol. The molecule has 0 aliphatic carbocycles. The van der Waals surface area contributed by atoms with Gasteiger partial charge >= 0.3 is 0 Å². The predicted molar refractivity (Wildman–Crippen MR) is 180 cm³/mol. The Labute approximate surface area is 258 Å². The molecule has 0 unspecified atom stereocenters. The number of para-hydroxylation sites is 2. The molecule has 0 bridgehead atoms. The van der Waals surface area contributed by atoms with Gasteiger partial charge in [0.2, 0.25) is 0 Å². The summed E-state index contributed by atoms with van der Waals surface area (Å²) in [6.07, 6.45) is 0. The number of nitrogens with zero attached hydrogens (tertiary/aromatic N) is 2. The van der Waals surface area contributed by atoms with Gasteiger partial charge in [-0.2, -0.15) is 0 Å². The van der Waals surface area contributed by atoms with Crippen LogP contribution in [0.1, 0.15) is 116 Å². The second-order valence-electron chi connectivity index (χ2n) is 16.0. The summed E-state index contributed by atoms with van der Waals surface area (Å²) < 4.78 is 5.18. The highest BCUT2D eigenvalue weighted by Crippen LogP contribution is 2.41. The third kappa shape index (κ3) is 6.17. The molecule has 0 fully saturated rings. The maximum absolute atomic E-state index is 11.3. The van der Waals surface area contributed by atoms with Crippen LogP contribution in [-0.2, 0) is 34.7 Å². The SMILES string of the molecule is CC(C)(C)c1cc(Cn2c(=S)n(Cc3cc(C(C)(C)C)c(O)c(C(C)(C)C)c3)c3ccccc32)cc(C(C)(C)C)c1O. The Morgan fingerprint density at radius 2 is 0.786 bits per heavy atom. The Morgan fingerprint density at radius 1 is 0.524 bits per heavy atom. The Morgan fingerprint density at radius 3 is 1.02 bits per heavy atom. The summed E-state index contributed by atoms with van der Waals surface area (Å²) in [5.74, 6) is 0.780. The van der Waals surface area contributed by atoms with Gasteiger partial charge in [0, 0.05) is 0 Å². The lowest BCUT2D eigenvalue weighted by atomic mass is 9.78. The third-order valence-corrected chi connectivity index (χ3v) is 8.62. The molecule has 4 nitrogen and oxygen atoms in total. The number of fused-ring (bicyclic) bond motifs is 1. The second-order valence-corrected chi connectivity index (χ2v) is 16.4. The molecular formula is C37H50N2O2S. The van der Waals surface area contributed by atoms with Crippen LogP contribution in [-0.4, -0.2) is 19.3 Å². The summed E-state index contributed by atoms with van der Waals surface area (Å²) in [7, 11) is 0. The van der Waals surface area contributed by atoms with Crippen LogP contribution in [0.3, 0.4) is 0 Å². The summed E-state index contributed by atoms with van der Waals surface area (Å²) in [5.41, 5.74) is 7.39. The number of rotatable bonds is 4. The van der Waals surface area contributed by atoms with E-state index in [1.807, 2.05) is 0 Å². The zero-order valence-corrected chi connectivity index (χ0v) is 28.5. The van der Waals surface area contributed by atoms with Crippen molar-refractivity contribution in [1.29, 1.82) is 0 Å². The lowest BCUT2D eigenvalue weighted by Crippen LogP contribution is -2.18. The quantitative estimate of drug-likeness (QED) is 0.234. The van der Waals surface area contributed by atoms with Gasteiger partial charge in [-0.1, -0.05) is 95.2 Å². The fraction of sp³-hybridized carbons (Fsp3) is 0.486. The number of imidazole rings is 1. The molecule has 0 amide bonds. The highest BCUT2D eigenvalue weighted by atomic mass is 32.1. The first-order valence-corrected chi connectivity index (χ1v) is 15.4. The fourth-order valence-corrected chi connectivity index (χ4v) is 6.13. The number of aromatic nitrogens is 2. The number of aromatic hydroxyl groups is 2. The molecule has 5 heteroatoms. The lowest BCUT2D eigenvalue weighted by Gasteiger charge is -2.28. The van der Waals surface area contributed by atoms with Crippen LogP contribution in [0.25, 0.3) is 11.0 Å². The minimum atomic E-state index is -0.204. The normalized spacial score (nSPS) is 13.2. The van der Waals surface area contributed by atoms with Gasteiger partial charge in [-0.25, -0.2) is 0 Å². The van der Waals surface area contributed by atoms with Gasteiger partial charge in [0.05, 0.1) is 24.1 Å². The molecule has 3 aromatic carbocycles. The largest absolute Gasteiger partial charge is 0.507 e. The second kappa shape index (κ2) is 10.6. The first-order valence-electron chi connectivity index (χ1n) is 15.0. The summed E-state index contributed by atoms with van der Waals surface area (Å²) >= 11 is 6.20. The van der Waals surface area contributed by atoms with Gasteiger partial charge in [-0.05, 0) is 104 Å². The molecule has 1 aromatic heterocycles. The topological polar surface area (TPSA) is 50.3 Å². The Bertz CT molecular complexity index is 1500. The van der Waals surface area contributed by atoms with Crippen molar-refractivity contribution in [3.8, 4) is 11.5 Å². The van der Waals surface area contributed by atoms with Gasteiger partial charge in [0.25, 0.3) is 0 Å². The van der Waals surface area contributed by atoms with Crippen molar-refractivity contribution in [1.82, 2.24) is 9.13 Å². The van der Waals surface area contributed by atoms with E-state index in [0.717, 1.165) is 49.2 Å². The molecule has 0 atom stereocenters. The third-order valence-electron chi connectivity index (χ3n) is 8.18. The maximum atomic E-state index is 11.3. The minimum absolute atomic E-state index is 0.204. The standard InChI is InChI=1S/C37H50N2O2S/c1-34(2,3)25-17-23(18-26(31(25)40)35(4,5)6)21-38-29-15-13-14-16-30(29)39(33(38)42)22-24-19-27(36(7,8)9)32(41)28(20-24)37(10,11)12/h13-20,40-41H,21-22H2,1-12H3. The molecule has 0 saturated heterocycles. The van der Waals surface area contributed by atoms with Gasteiger partial charge in [-0.3, -0.25) is 0 Å². The minimum Gasteiger partial charge on any atom is -0.507 e. The molecule has 2 N–H and O–H groups in total. The molecule has 0 saturated carbocycles. The molecule has 0 aliphatic heterocycles. The number of phenolic OH excluding ortho intramolecular Hbond substituents is 2. The van der Waals surface area contributed by atoms with E-state index in [4.69, 9.17) is 12.2 Å². The smallest absolute Gasteiger partial charge is 0.181 e. The number of hydrogen-bond acceptors (Lipinski definition) is 3. The first kappa shape index (κ1) is 31.9. The first-order chi connectivity index (χ1) is 19.1. The highest BCUT2D eigenvalue weighted by Gasteiger charge is 2.28. The van der Waals surface area contributed by atoms with Crippen molar-refractivity contribution < 1.29 is 10.2 Å². The summed E-state index contributed by atoms with van der Waals surface area (Å²) in [4.78, 5) is 0. The Kier molecular flexibility index (Phi) is 8.04. The molecule has 4 aromatic rings. The van der Waals surface area contributed by atoms with Crippen molar-refractivity contribution in [2.24, 2.45) is 0 Å². The predicted octanol–water partition coefficient (Wildman–Crippen LogP) is 9.87. The van der Waals surface area contributed by atoms with Gasteiger partial charge in [0.1, 0.15) is 11.5 Å². The van der Waals surface area contributed by atoms with Gasteiger partial charge < -0.3 is 19.3 Å². The van der Waals surface area contributed by atoms with Crippen molar-refractivity contribution in [2.45, 2.75) is 118 Å². The van der Waals surface area contributed by atoms with E-state index in [0.29, 0.717) is 24.6 Å². The van der Waals surface area contributed by atoms with Crippen molar-refractivity contribution >= 4 is 23.3 Å². The van der Waals surface area contributed by atoms with Crippen molar-refractivity contribution in [3.05, 3.63) is 86.7 Å². The Hall–Kier alpha value is -3.05. The molecule has 1 heterocycles. The molecule has 0 aliphatic rings. The van der Waals surface area contributed by atoms with Crippen LogP contribution in [0.5, 0.6) is 11.5 Å². The van der Waals surface area contributed by atoms with E-state index in [-0.39, 0.29) is 21.7 Å². The lowest BCUT2D eigenvalue weighted by molar-refractivity contribution is 0.421. The fourth-order valence-electron chi connectivity index (χ4n) is 5.80. The molecule has 4 rings (SSSR count). The van der Waals surface area contributed by atoms with E-state index in [1.165, 1.54) is 0 Å². The van der Waals surface area contributed by atoms with Crippen LogP contribution < -0.4 is 0 Å².